The van der Waals surface area contributed by atoms with Crippen molar-refractivity contribution in [3.05, 3.63) is 47.8 Å². The van der Waals surface area contributed by atoms with Crippen LogP contribution in [-0.2, 0) is 0 Å². The molecule has 0 saturated carbocycles. The Morgan fingerprint density at radius 1 is 1.12 bits per heavy atom. The van der Waals surface area contributed by atoms with Crippen LogP contribution < -0.4 is 0 Å². The number of rotatable bonds is 2. The van der Waals surface area contributed by atoms with Crippen molar-refractivity contribution in [2.24, 2.45) is 0 Å². The zero-order valence-electron chi connectivity index (χ0n) is 12.8. The first-order valence-electron chi connectivity index (χ1n) is 7.73. The third-order valence-electron chi connectivity index (χ3n) is 4.34. The van der Waals surface area contributed by atoms with Crippen LogP contribution in [0.3, 0.4) is 0 Å². The maximum absolute atomic E-state index is 9.15. The number of benzene rings is 2. The Morgan fingerprint density at radius 3 is 2.83 bits per heavy atom. The molecule has 0 unspecified atom stereocenters. The molecule has 0 radical (unpaired) electrons. The van der Waals surface area contributed by atoms with Crippen molar-refractivity contribution in [2.75, 3.05) is 6.54 Å². The molecule has 6 heteroatoms. The Bertz CT molecular complexity index is 995. The average Bonchev–Trinajstić information content (AvgIpc) is 3.29. The molecule has 0 N–H and O–H groups in total. The van der Waals surface area contributed by atoms with Gasteiger partial charge in [0.25, 0.3) is 5.89 Å². The quantitative estimate of drug-likeness (QED) is 0.673. The fraction of sp³-hybridized carbons (Fsp3) is 0.222. The van der Waals surface area contributed by atoms with Crippen molar-refractivity contribution in [1.82, 2.24) is 15.0 Å². The number of hydrogen-bond donors (Lipinski definition) is 0. The molecule has 1 aliphatic rings. The molecule has 0 amide bonds. The largest absolute Gasteiger partial charge is 0.334 e. The lowest BCUT2D eigenvalue weighted by Gasteiger charge is -2.13. The van der Waals surface area contributed by atoms with E-state index in [1.54, 1.807) is 11.0 Å². The van der Waals surface area contributed by atoms with E-state index in [4.69, 9.17) is 15.0 Å². The van der Waals surface area contributed by atoms with E-state index in [-0.39, 0.29) is 6.04 Å². The summed E-state index contributed by atoms with van der Waals surface area (Å²) in [5, 5.41) is 24.2. The van der Waals surface area contributed by atoms with Crippen LogP contribution in [0.5, 0.6) is 0 Å². The molecule has 0 aliphatic carbocycles. The molecule has 0 bridgehead atoms. The molecule has 1 aliphatic heterocycles. The lowest BCUT2D eigenvalue weighted by atomic mass is 10.0. The number of hydrogen-bond acceptors (Lipinski definition) is 6. The van der Waals surface area contributed by atoms with Gasteiger partial charge in [-0.1, -0.05) is 17.3 Å². The molecule has 116 valence electrons. The summed E-state index contributed by atoms with van der Waals surface area (Å²) in [6.07, 6.45) is 3.99. The van der Waals surface area contributed by atoms with Crippen LogP contribution >= 0.6 is 0 Å². The lowest BCUT2D eigenvalue weighted by molar-refractivity contribution is 0.339. The van der Waals surface area contributed by atoms with Crippen LogP contribution in [0.2, 0.25) is 0 Å². The van der Waals surface area contributed by atoms with Gasteiger partial charge in [0.05, 0.1) is 11.6 Å². The summed E-state index contributed by atoms with van der Waals surface area (Å²) in [5.74, 6) is 0.981. The van der Waals surface area contributed by atoms with E-state index in [1.807, 2.05) is 30.3 Å². The van der Waals surface area contributed by atoms with Gasteiger partial charge in [0, 0.05) is 12.1 Å². The van der Waals surface area contributed by atoms with Gasteiger partial charge in [-0.05, 0) is 47.9 Å². The van der Waals surface area contributed by atoms with E-state index in [0.29, 0.717) is 17.3 Å². The van der Waals surface area contributed by atoms with Gasteiger partial charge in [-0.3, -0.25) is 4.90 Å². The van der Waals surface area contributed by atoms with E-state index in [1.165, 1.54) is 0 Å². The van der Waals surface area contributed by atoms with Crippen molar-refractivity contribution in [3.63, 3.8) is 0 Å². The predicted molar refractivity (Wildman–Crippen MR) is 86.2 cm³/mol. The Hall–Kier alpha value is -3.38. The Labute approximate surface area is 138 Å². The minimum atomic E-state index is -0.0989. The Morgan fingerprint density at radius 2 is 2.00 bits per heavy atom. The van der Waals surface area contributed by atoms with Crippen LogP contribution in [0.25, 0.3) is 22.2 Å². The molecular weight excluding hydrogens is 302 g/mol. The summed E-state index contributed by atoms with van der Waals surface area (Å²) < 4.78 is 5.40. The second-order valence-corrected chi connectivity index (χ2v) is 5.80. The second-order valence-electron chi connectivity index (χ2n) is 5.80. The molecule has 6 nitrogen and oxygen atoms in total. The fourth-order valence-electron chi connectivity index (χ4n) is 3.09. The van der Waals surface area contributed by atoms with Gasteiger partial charge in [0.1, 0.15) is 6.04 Å². The van der Waals surface area contributed by atoms with Crippen molar-refractivity contribution in [2.45, 2.75) is 18.9 Å². The van der Waals surface area contributed by atoms with Crippen LogP contribution in [0.4, 0.5) is 0 Å². The van der Waals surface area contributed by atoms with Gasteiger partial charge in [0.2, 0.25) is 0 Å². The van der Waals surface area contributed by atoms with Gasteiger partial charge in [0.15, 0.2) is 12.0 Å². The van der Waals surface area contributed by atoms with Crippen molar-refractivity contribution in [1.29, 1.82) is 10.5 Å². The van der Waals surface area contributed by atoms with Crippen molar-refractivity contribution >= 4 is 10.8 Å². The van der Waals surface area contributed by atoms with Crippen LogP contribution in [0.1, 0.15) is 30.3 Å². The molecule has 0 spiro atoms. The van der Waals surface area contributed by atoms with Gasteiger partial charge in [-0.15, -0.1) is 0 Å². The standard InChI is InChI=1S/C18H13N5O/c19-10-12-3-4-13-5-6-14(9-15(13)8-12)18-21-17(22-24-18)16-2-1-7-23(16)11-20/h3-6,8-9,16H,1-2,7H2/t16-/m0/s1. The molecule has 2 heterocycles. The first-order valence-corrected chi connectivity index (χ1v) is 7.73. The molecule has 1 fully saturated rings. The number of likely N-dealkylation sites (tertiary alicyclic amines) is 1. The topological polar surface area (TPSA) is 89.7 Å². The zero-order chi connectivity index (χ0) is 16.5. The highest BCUT2D eigenvalue weighted by atomic mass is 16.5. The highest BCUT2D eigenvalue weighted by Gasteiger charge is 2.29. The fourth-order valence-corrected chi connectivity index (χ4v) is 3.09. The van der Waals surface area contributed by atoms with E-state index >= 15 is 0 Å². The third-order valence-corrected chi connectivity index (χ3v) is 4.34. The summed E-state index contributed by atoms with van der Waals surface area (Å²) in [7, 11) is 0. The predicted octanol–water partition coefficient (Wildman–Crippen LogP) is 3.38. The zero-order valence-corrected chi connectivity index (χ0v) is 12.8. The first-order chi connectivity index (χ1) is 11.8. The third kappa shape index (κ3) is 2.35. The van der Waals surface area contributed by atoms with Crippen LogP contribution in [-0.4, -0.2) is 21.6 Å². The minimum absolute atomic E-state index is 0.0989. The minimum Gasteiger partial charge on any atom is -0.334 e. The Kier molecular flexibility index (Phi) is 3.36. The molecule has 24 heavy (non-hydrogen) atoms. The van der Waals surface area contributed by atoms with Crippen LogP contribution in [0.15, 0.2) is 40.9 Å². The van der Waals surface area contributed by atoms with Crippen LogP contribution in [0, 0.1) is 22.8 Å². The molecule has 1 saturated heterocycles. The summed E-state index contributed by atoms with van der Waals surface area (Å²) in [4.78, 5) is 6.16. The number of fused-ring (bicyclic) bond motifs is 1. The van der Waals surface area contributed by atoms with Gasteiger partial charge >= 0.3 is 0 Å². The van der Waals surface area contributed by atoms with Gasteiger partial charge in [-0.2, -0.15) is 15.5 Å². The highest BCUT2D eigenvalue weighted by molar-refractivity contribution is 5.87. The number of nitriles is 2. The summed E-state index contributed by atoms with van der Waals surface area (Å²) in [6.45, 7) is 0.734. The molecule has 2 aromatic carbocycles. The SMILES string of the molecule is N#Cc1ccc2ccc(-c3nc([C@@H]4CCCN4C#N)no3)cc2c1. The smallest absolute Gasteiger partial charge is 0.258 e. The summed E-state index contributed by atoms with van der Waals surface area (Å²) >= 11 is 0. The van der Waals surface area contributed by atoms with E-state index in [0.717, 1.165) is 35.7 Å². The van der Waals surface area contributed by atoms with Gasteiger partial charge < -0.3 is 4.52 Å². The molecule has 3 aromatic rings. The summed E-state index contributed by atoms with van der Waals surface area (Å²) in [6, 6.07) is 13.4. The van der Waals surface area contributed by atoms with Gasteiger partial charge in [-0.25, -0.2) is 0 Å². The number of nitrogens with zero attached hydrogens (tertiary/aromatic N) is 5. The first kappa shape index (κ1) is 14.2. The maximum Gasteiger partial charge on any atom is 0.258 e. The summed E-state index contributed by atoms with van der Waals surface area (Å²) in [5.41, 5.74) is 1.42. The monoisotopic (exact) mass is 315 g/mol. The highest BCUT2D eigenvalue weighted by Crippen LogP contribution is 2.31. The Balaban J connectivity index is 1.70. The second kappa shape index (κ2) is 5.68. The molecule has 1 aromatic heterocycles. The molecule has 1 atom stereocenters. The average molecular weight is 315 g/mol. The van der Waals surface area contributed by atoms with Crippen molar-refractivity contribution < 1.29 is 4.52 Å². The maximum atomic E-state index is 9.15. The van der Waals surface area contributed by atoms with Crippen molar-refractivity contribution in [3.8, 4) is 23.7 Å². The molecular formula is C18H13N5O. The number of aromatic nitrogens is 2. The normalized spacial score (nSPS) is 16.9. The van der Waals surface area contributed by atoms with E-state index in [2.05, 4.69) is 22.4 Å². The molecule has 4 rings (SSSR count). The van der Waals surface area contributed by atoms with E-state index in [9.17, 15) is 0 Å². The van der Waals surface area contributed by atoms with E-state index < -0.39 is 0 Å². The lowest BCUT2D eigenvalue weighted by Crippen LogP contribution is -2.17.